The smallest absolute Gasteiger partial charge is 0.317 e. The summed E-state index contributed by atoms with van der Waals surface area (Å²) in [4.78, 5) is 26.2. The highest BCUT2D eigenvalue weighted by molar-refractivity contribution is 6.31. The molecule has 1 saturated carbocycles. The second kappa shape index (κ2) is 7.21. The predicted octanol–water partition coefficient (Wildman–Crippen LogP) is 2.54. The van der Waals surface area contributed by atoms with E-state index in [0.717, 1.165) is 37.8 Å². The average molecular weight is 336 g/mol. The van der Waals surface area contributed by atoms with Gasteiger partial charge in [-0.05, 0) is 37.3 Å². The molecule has 1 aromatic rings. The summed E-state index contributed by atoms with van der Waals surface area (Å²) >= 11 is 6.10. The number of carbonyl (C=O) groups excluding carboxylic acids is 2. The minimum atomic E-state index is -0.142. The zero-order valence-electron chi connectivity index (χ0n) is 13.1. The molecule has 1 unspecified atom stereocenters. The summed E-state index contributed by atoms with van der Waals surface area (Å²) in [5, 5.41) is 6.58. The molecule has 1 saturated heterocycles. The number of hydrogen-bond acceptors (Lipinski definition) is 2. The van der Waals surface area contributed by atoms with Crippen LogP contribution in [0.4, 0.5) is 4.79 Å². The number of piperidine rings is 1. The molecule has 2 N–H and O–H groups in total. The predicted molar refractivity (Wildman–Crippen MR) is 89.1 cm³/mol. The Balaban J connectivity index is 1.50. The van der Waals surface area contributed by atoms with Crippen LogP contribution in [0.3, 0.4) is 0 Å². The van der Waals surface area contributed by atoms with Crippen LogP contribution in [-0.4, -0.2) is 36.0 Å². The number of benzene rings is 1. The zero-order chi connectivity index (χ0) is 16.2. The van der Waals surface area contributed by atoms with Crippen molar-refractivity contribution in [3.63, 3.8) is 0 Å². The molecule has 1 aliphatic carbocycles. The van der Waals surface area contributed by atoms with Gasteiger partial charge < -0.3 is 15.5 Å². The molecule has 1 aromatic carbocycles. The maximum Gasteiger partial charge on any atom is 0.317 e. The average Bonchev–Trinajstić information content (AvgIpc) is 3.38. The molecule has 2 fully saturated rings. The summed E-state index contributed by atoms with van der Waals surface area (Å²) in [7, 11) is 0. The van der Waals surface area contributed by atoms with Crippen molar-refractivity contribution in [2.75, 3.05) is 13.1 Å². The quantitative estimate of drug-likeness (QED) is 0.888. The number of hydrogen-bond donors (Lipinski definition) is 2. The van der Waals surface area contributed by atoms with Gasteiger partial charge in [0.25, 0.3) is 0 Å². The fraction of sp³-hybridized carbons (Fsp3) is 0.529. The normalized spacial score (nSPS) is 20.9. The van der Waals surface area contributed by atoms with Crippen molar-refractivity contribution in [3.05, 3.63) is 34.9 Å². The highest BCUT2D eigenvalue weighted by Crippen LogP contribution is 2.21. The fourth-order valence-electron chi connectivity index (χ4n) is 2.84. The molecule has 5 nitrogen and oxygen atoms in total. The molecule has 3 amide bonds. The van der Waals surface area contributed by atoms with E-state index in [2.05, 4.69) is 10.6 Å². The number of rotatable bonds is 4. The van der Waals surface area contributed by atoms with Gasteiger partial charge in [-0.15, -0.1) is 0 Å². The molecule has 124 valence electrons. The number of likely N-dealkylation sites (tertiary alicyclic amines) is 1. The van der Waals surface area contributed by atoms with E-state index in [4.69, 9.17) is 11.6 Å². The molecule has 1 atom stereocenters. The Bertz CT molecular complexity index is 589. The lowest BCUT2D eigenvalue weighted by Gasteiger charge is -2.32. The molecular weight excluding hydrogens is 314 g/mol. The first kappa shape index (κ1) is 16.1. The molecule has 6 heteroatoms. The third kappa shape index (κ3) is 4.38. The van der Waals surface area contributed by atoms with Gasteiger partial charge in [0, 0.05) is 30.7 Å². The van der Waals surface area contributed by atoms with Gasteiger partial charge in [0.05, 0.1) is 5.92 Å². The van der Waals surface area contributed by atoms with Crippen LogP contribution in [0.25, 0.3) is 0 Å². The van der Waals surface area contributed by atoms with Crippen molar-refractivity contribution < 1.29 is 9.59 Å². The molecular formula is C17H22ClN3O2. The van der Waals surface area contributed by atoms with E-state index in [9.17, 15) is 9.59 Å². The van der Waals surface area contributed by atoms with E-state index in [-0.39, 0.29) is 17.9 Å². The van der Waals surface area contributed by atoms with E-state index in [1.165, 1.54) is 0 Å². The Kier molecular flexibility index (Phi) is 5.06. The molecule has 1 heterocycles. The molecule has 3 rings (SSSR count). The minimum absolute atomic E-state index is 0.00570. The summed E-state index contributed by atoms with van der Waals surface area (Å²) in [5.41, 5.74) is 0.904. The van der Waals surface area contributed by atoms with Gasteiger partial charge in [-0.1, -0.05) is 29.8 Å². The molecule has 0 bridgehead atoms. The molecule has 1 aliphatic heterocycles. The summed E-state index contributed by atoms with van der Waals surface area (Å²) in [6, 6.07) is 7.79. The van der Waals surface area contributed by atoms with Gasteiger partial charge in [-0.3, -0.25) is 4.79 Å². The van der Waals surface area contributed by atoms with Crippen molar-refractivity contribution in [3.8, 4) is 0 Å². The lowest BCUT2D eigenvalue weighted by molar-refractivity contribution is -0.126. The van der Waals surface area contributed by atoms with Crippen LogP contribution in [0, 0.1) is 5.92 Å². The summed E-state index contributed by atoms with van der Waals surface area (Å²) in [6.07, 6.45) is 3.83. The van der Waals surface area contributed by atoms with Gasteiger partial charge in [0.1, 0.15) is 0 Å². The van der Waals surface area contributed by atoms with Gasteiger partial charge in [-0.25, -0.2) is 4.79 Å². The lowest BCUT2D eigenvalue weighted by atomic mass is 9.97. The number of halogens is 1. The van der Waals surface area contributed by atoms with E-state index in [1.54, 1.807) is 4.90 Å². The number of urea groups is 1. The van der Waals surface area contributed by atoms with Gasteiger partial charge in [0.15, 0.2) is 0 Å². The Morgan fingerprint density at radius 3 is 2.74 bits per heavy atom. The van der Waals surface area contributed by atoms with Crippen LogP contribution < -0.4 is 10.6 Å². The molecule has 23 heavy (non-hydrogen) atoms. The van der Waals surface area contributed by atoms with Crippen molar-refractivity contribution >= 4 is 23.5 Å². The Hall–Kier alpha value is -1.75. The zero-order valence-corrected chi connectivity index (χ0v) is 13.8. The van der Waals surface area contributed by atoms with Crippen molar-refractivity contribution in [1.82, 2.24) is 15.5 Å². The molecule has 0 aromatic heterocycles. The Labute approximate surface area is 141 Å². The lowest BCUT2D eigenvalue weighted by Crippen LogP contribution is -2.49. The molecule has 0 spiro atoms. The first-order valence-electron chi connectivity index (χ1n) is 8.20. The van der Waals surface area contributed by atoms with Crippen LogP contribution in [0.15, 0.2) is 24.3 Å². The number of nitrogens with one attached hydrogen (secondary N) is 2. The molecule has 0 radical (unpaired) electrons. The van der Waals surface area contributed by atoms with Crippen molar-refractivity contribution in [2.45, 2.75) is 38.3 Å². The highest BCUT2D eigenvalue weighted by Gasteiger charge is 2.31. The summed E-state index contributed by atoms with van der Waals surface area (Å²) in [6.45, 7) is 1.64. The first-order chi connectivity index (χ1) is 11.1. The largest absolute Gasteiger partial charge is 0.352 e. The standard InChI is InChI=1S/C17H22ClN3O2/c18-15-6-2-1-4-12(15)10-19-16(22)13-5-3-9-21(11-13)17(23)20-14-7-8-14/h1-2,4,6,13-14H,3,5,7-11H2,(H,19,22)(H,20,23). The number of amides is 3. The van der Waals surface area contributed by atoms with Crippen LogP contribution in [0.1, 0.15) is 31.2 Å². The number of nitrogens with zero attached hydrogens (tertiary/aromatic N) is 1. The van der Waals surface area contributed by atoms with E-state index in [0.29, 0.717) is 24.2 Å². The van der Waals surface area contributed by atoms with Crippen LogP contribution in [-0.2, 0) is 11.3 Å². The summed E-state index contributed by atoms with van der Waals surface area (Å²) < 4.78 is 0. The van der Waals surface area contributed by atoms with Crippen molar-refractivity contribution in [2.24, 2.45) is 5.92 Å². The van der Waals surface area contributed by atoms with E-state index >= 15 is 0 Å². The Morgan fingerprint density at radius 1 is 1.22 bits per heavy atom. The van der Waals surface area contributed by atoms with Gasteiger partial charge >= 0.3 is 6.03 Å². The third-order valence-electron chi connectivity index (χ3n) is 4.40. The van der Waals surface area contributed by atoms with Gasteiger partial charge in [0.2, 0.25) is 5.91 Å². The second-order valence-electron chi connectivity index (χ2n) is 6.32. The minimum Gasteiger partial charge on any atom is -0.352 e. The fourth-order valence-corrected chi connectivity index (χ4v) is 3.04. The van der Waals surface area contributed by atoms with Gasteiger partial charge in [-0.2, -0.15) is 0 Å². The topological polar surface area (TPSA) is 61.4 Å². The maximum absolute atomic E-state index is 12.4. The first-order valence-corrected chi connectivity index (χ1v) is 8.58. The van der Waals surface area contributed by atoms with Crippen LogP contribution >= 0.6 is 11.6 Å². The second-order valence-corrected chi connectivity index (χ2v) is 6.73. The van der Waals surface area contributed by atoms with Crippen molar-refractivity contribution in [1.29, 1.82) is 0 Å². The van der Waals surface area contributed by atoms with E-state index < -0.39 is 0 Å². The van der Waals surface area contributed by atoms with E-state index in [1.807, 2.05) is 24.3 Å². The maximum atomic E-state index is 12.4. The Morgan fingerprint density at radius 2 is 2.00 bits per heavy atom. The molecule has 2 aliphatic rings. The monoisotopic (exact) mass is 335 g/mol. The van der Waals surface area contributed by atoms with Crippen LogP contribution in [0.2, 0.25) is 5.02 Å². The highest BCUT2D eigenvalue weighted by atomic mass is 35.5. The third-order valence-corrected chi connectivity index (χ3v) is 4.76. The summed E-state index contributed by atoms with van der Waals surface area (Å²) in [5.74, 6) is -0.148. The van der Waals surface area contributed by atoms with Crippen LogP contribution in [0.5, 0.6) is 0 Å². The number of carbonyl (C=O) groups is 2. The SMILES string of the molecule is O=C(NCc1ccccc1Cl)C1CCCN(C(=O)NC2CC2)C1.